The van der Waals surface area contributed by atoms with Gasteiger partial charge < -0.3 is 4.90 Å². The molecule has 21 heavy (non-hydrogen) atoms. The van der Waals surface area contributed by atoms with Gasteiger partial charge in [-0.1, -0.05) is 6.07 Å². The molecule has 1 amide bonds. The number of aromatic nitrogens is 3. The zero-order chi connectivity index (χ0) is 14.8. The number of nitrogens with zero attached hydrogens (tertiary/aromatic N) is 3. The Morgan fingerprint density at radius 2 is 2.33 bits per heavy atom. The van der Waals surface area contributed by atoms with Crippen LogP contribution < -0.4 is 0 Å². The predicted octanol–water partition coefficient (Wildman–Crippen LogP) is 3.18. The fourth-order valence-corrected chi connectivity index (χ4v) is 3.84. The number of nitrogens with one attached hydrogen (secondary N) is 1. The van der Waals surface area contributed by atoms with Crippen LogP contribution in [0.3, 0.4) is 0 Å². The standard InChI is InChI=1S/C14H14N4OS2/c1-9-12(21-13(17-9)11-4-3-5-20-11)14(19)18(2)8-10-6-15-16-7-10/h3-7H,8H2,1-2H3,(H,15,16). The number of H-pyrrole nitrogens is 1. The first-order valence-corrected chi connectivity index (χ1v) is 8.09. The number of amides is 1. The molecule has 3 rings (SSSR count). The van der Waals surface area contributed by atoms with Crippen molar-refractivity contribution in [3.8, 4) is 9.88 Å². The molecule has 0 bridgehead atoms. The molecule has 108 valence electrons. The molecular weight excluding hydrogens is 304 g/mol. The smallest absolute Gasteiger partial charge is 0.265 e. The first-order valence-electron chi connectivity index (χ1n) is 6.39. The second-order valence-corrected chi connectivity index (χ2v) is 6.63. The fourth-order valence-electron chi connectivity index (χ4n) is 1.98. The van der Waals surface area contributed by atoms with Crippen LogP contribution in [0.15, 0.2) is 29.9 Å². The topological polar surface area (TPSA) is 61.9 Å². The van der Waals surface area contributed by atoms with Gasteiger partial charge in [0, 0.05) is 25.4 Å². The molecule has 0 spiro atoms. The molecule has 3 heterocycles. The largest absolute Gasteiger partial charge is 0.337 e. The third-order valence-electron chi connectivity index (χ3n) is 3.04. The third-order valence-corrected chi connectivity index (χ3v) is 5.23. The summed E-state index contributed by atoms with van der Waals surface area (Å²) in [5.41, 5.74) is 1.76. The minimum atomic E-state index is -0.00555. The van der Waals surface area contributed by atoms with Gasteiger partial charge in [-0.2, -0.15) is 5.10 Å². The van der Waals surface area contributed by atoms with Gasteiger partial charge in [-0.25, -0.2) is 4.98 Å². The van der Waals surface area contributed by atoms with Gasteiger partial charge >= 0.3 is 0 Å². The molecule has 0 radical (unpaired) electrons. The van der Waals surface area contributed by atoms with Gasteiger partial charge in [0.25, 0.3) is 5.91 Å². The van der Waals surface area contributed by atoms with Crippen molar-refractivity contribution in [2.24, 2.45) is 0 Å². The maximum Gasteiger partial charge on any atom is 0.265 e. The summed E-state index contributed by atoms with van der Waals surface area (Å²) < 4.78 is 0. The number of aryl methyl sites for hydroxylation is 1. The fraction of sp³-hybridized carbons (Fsp3) is 0.214. The lowest BCUT2D eigenvalue weighted by molar-refractivity contribution is 0.0789. The van der Waals surface area contributed by atoms with E-state index in [-0.39, 0.29) is 5.91 Å². The molecule has 0 saturated carbocycles. The maximum atomic E-state index is 12.5. The van der Waals surface area contributed by atoms with E-state index in [9.17, 15) is 4.79 Å². The molecule has 0 fully saturated rings. The minimum absolute atomic E-state index is 0.00555. The van der Waals surface area contributed by atoms with E-state index in [1.807, 2.05) is 24.4 Å². The summed E-state index contributed by atoms with van der Waals surface area (Å²) in [6.07, 6.45) is 3.51. The van der Waals surface area contributed by atoms with Gasteiger partial charge in [-0.3, -0.25) is 9.89 Å². The quantitative estimate of drug-likeness (QED) is 0.803. The Bertz CT molecular complexity index is 731. The van der Waals surface area contributed by atoms with E-state index in [0.717, 1.165) is 21.1 Å². The lowest BCUT2D eigenvalue weighted by Gasteiger charge is -2.15. The minimum Gasteiger partial charge on any atom is -0.337 e. The SMILES string of the molecule is Cc1nc(-c2cccs2)sc1C(=O)N(C)Cc1cn[nH]c1. The van der Waals surface area contributed by atoms with Crippen molar-refractivity contribution < 1.29 is 4.79 Å². The second-order valence-electron chi connectivity index (χ2n) is 4.68. The van der Waals surface area contributed by atoms with E-state index < -0.39 is 0 Å². The van der Waals surface area contributed by atoms with E-state index in [2.05, 4.69) is 15.2 Å². The molecular formula is C14H14N4OS2. The number of hydrogen-bond acceptors (Lipinski definition) is 5. The number of thiophene rings is 1. The summed E-state index contributed by atoms with van der Waals surface area (Å²) in [6.45, 7) is 2.41. The Labute approximate surface area is 130 Å². The first kappa shape index (κ1) is 14.0. The molecule has 3 aromatic rings. The van der Waals surface area contributed by atoms with Crippen LogP contribution in [0.5, 0.6) is 0 Å². The van der Waals surface area contributed by atoms with Gasteiger partial charge in [-0.15, -0.1) is 22.7 Å². The van der Waals surface area contributed by atoms with Crippen LogP contribution in [0.4, 0.5) is 0 Å². The molecule has 0 aliphatic carbocycles. The summed E-state index contributed by atoms with van der Waals surface area (Å²) in [5.74, 6) is -0.00555. The summed E-state index contributed by atoms with van der Waals surface area (Å²) in [7, 11) is 1.79. The lowest BCUT2D eigenvalue weighted by Crippen LogP contribution is -2.25. The highest BCUT2D eigenvalue weighted by atomic mass is 32.1. The lowest BCUT2D eigenvalue weighted by atomic mass is 10.3. The average molecular weight is 318 g/mol. The number of thiazole rings is 1. The normalized spacial score (nSPS) is 10.8. The van der Waals surface area contributed by atoms with Crippen LogP contribution in [-0.2, 0) is 6.54 Å². The molecule has 0 aliphatic heterocycles. The molecule has 0 atom stereocenters. The zero-order valence-electron chi connectivity index (χ0n) is 11.7. The summed E-state index contributed by atoms with van der Waals surface area (Å²) in [5, 5.41) is 9.56. The van der Waals surface area contributed by atoms with E-state index >= 15 is 0 Å². The van der Waals surface area contributed by atoms with Crippen molar-refractivity contribution in [2.45, 2.75) is 13.5 Å². The van der Waals surface area contributed by atoms with Crippen LogP contribution in [0.25, 0.3) is 9.88 Å². The Hall–Kier alpha value is -1.99. The van der Waals surface area contributed by atoms with E-state index in [0.29, 0.717) is 11.4 Å². The van der Waals surface area contributed by atoms with Crippen molar-refractivity contribution in [1.82, 2.24) is 20.1 Å². The van der Waals surface area contributed by atoms with E-state index in [4.69, 9.17) is 0 Å². The molecule has 1 N–H and O–H groups in total. The molecule has 7 heteroatoms. The summed E-state index contributed by atoms with van der Waals surface area (Å²) in [6, 6.07) is 4.01. The van der Waals surface area contributed by atoms with Crippen molar-refractivity contribution in [1.29, 1.82) is 0 Å². The molecule has 3 aromatic heterocycles. The zero-order valence-corrected chi connectivity index (χ0v) is 13.3. The van der Waals surface area contributed by atoms with Crippen LogP contribution in [0.2, 0.25) is 0 Å². The summed E-state index contributed by atoms with van der Waals surface area (Å²) in [4.78, 5) is 20.5. The van der Waals surface area contributed by atoms with Crippen molar-refractivity contribution in [3.63, 3.8) is 0 Å². The second kappa shape index (κ2) is 5.79. The summed E-state index contributed by atoms with van der Waals surface area (Å²) >= 11 is 3.08. The molecule has 0 aliphatic rings. The molecule has 0 saturated heterocycles. The Morgan fingerprint density at radius 3 is 3.00 bits per heavy atom. The van der Waals surface area contributed by atoms with E-state index in [1.165, 1.54) is 11.3 Å². The van der Waals surface area contributed by atoms with Gasteiger partial charge in [0.05, 0.1) is 16.8 Å². The first-order chi connectivity index (χ1) is 10.1. The monoisotopic (exact) mass is 318 g/mol. The van der Waals surface area contributed by atoms with E-state index in [1.54, 1.807) is 35.7 Å². The number of carbonyl (C=O) groups is 1. The Kier molecular flexibility index (Phi) is 3.85. The molecule has 5 nitrogen and oxygen atoms in total. The highest BCUT2D eigenvalue weighted by Crippen LogP contribution is 2.31. The highest BCUT2D eigenvalue weighted by Gasteiger charge is 2.20. The van der Waals surface area contributed by atoms with Gasteiger partial charge in [0.1, 0.15) is 9.88 Å². The molecule has 0 aromatic carbocycles. The van der Waals surface area contributed by atoms with Crippen LogP contribution in [0, 0.1) is 6.92 Å². The van der Waals surface area contributed by atoms with Gasteiger partial charge in [0.15, 0.2) is 0 Å². The Balaban J connectivity index is 1.81. The van der Waals surface area contributed by atoms with Gasteiger partial charge in [0.2, 0.25) is 0 Å². The number of aromatic amines is 1. The molecule has 0 unspecified atom stereocenters. The van der Waals surface area contributed by atoms with Crippen LogP contribution in [0.1, 0.15) is 20.9 Å². The number of carbonyl (C=O) groups excluding carboxylic acids is 1. The third kappa shape index (κ3) is 2.88. The van der Waals surface area contributed by atoms with Crippen LogP contribution >= 0.6 is 22.7 Å². The number of rotatable bonds is 4. The predicted molar refractivity (Wildman–Crippen MR) is 84.5 cm³/mol. The highest BCUT2D eigenvalue weighted by molar-refractivity contribution is 7.22. The van der Waals surface area contributed by atoms with Crippen LogP contribution in [-0.4, -0.2) is 33.0 Å². The maximum absolute atomic E-state index is 12.5. The number of hydrogen-bond donors (Lipinski definition) is 1. The van der Waals surface area contributed by atoms with Gasteiger partial charge in [-0.05, 0) is 18.4 Å². The average Bonchev–Trinajstić information content (AvgIpc) is 3.18. The Morgan fingerprint density at radius 1 is 1.48 bits per heavy atom. The van der Waals surface area contributed by atoms with Crippen molar-refractivity contribution in [2.75, 3.05) is 7.05 Å². The van der Waals surface area contributed by atoms with Crippen molar-refractivity contribution >= 4 is 28.6 Å². The van der Waals surface area contributed by atoms with Crippen molar-refractivity contribution in [3.05, 3.63) is 46.0 Å².